The Hall–Kier alpha value is -0.810. The van der Waals surface area contributed by atoms with Crippen molar-refractivity contribution in [2.75, 3.05) is 39.0 Å². The molecule has 0 fully saturated rings. The Morgan fingerprint density at radius 3 is 2.79 bits per heavy atom. The molecule has 0 unspecified atom stereocenters. The van der Waals surface area contributed by atoms with Gasteiger partial charge in [-0.1, -0.05) is 23.2 Å². The van der Waals surface area contributed by atoms with E-state index < -0.39 is 0 Å². The van der Waals surface area contributed by atoms with Crippen molar-refractivity contribution in [2.45, 2.75) is 6.42 Å². The number of carbonyl (C=O) groups excluding carboxylic acids is 1. The van der Waals surface area contributed by atoms with Gasteiger partial charge >= 0.3 is 0 Å². The Morgan fingerprint density at radius 1 is 1.37 bits per heavy atom. The van der Waals surface area contributed by atoms with E-state index in [0.29, 0.717) is 22.3 Å². The van der Waals surface area contributed by atoms with E-state index in [-0.39, 0.29) is 5.91 Å². The van der Waals surface area contributed by atoms with Crippen LogP contribution in [0.15, 0.2) is 18.2 Å². The van der Waals surface area contributed by atoms with Gasteiger partial charge in [-0.05, 0) is 51.8 Å². The standard InChI is InChI=1S/C13H19Cl2N3O/c1-16-6-3-7-18(2)9-13(19)17-12-8-10(14)4-5-11(12)15/h4-5,8,16H,3,6-7,9H2,1-2H3,(H,17,19). The van der Waals surface area contributed by atoms with Gasteiger partial charge in [0, 0.05) is 5.02 Å². The molecule has 2 N–H and O–H groups in total. The lowest BCUT2D eigenvalue weighted by Crippen LogP contribution is -2.32. The van der Waals surface area contributed by atoms with E-state index in [2.05, 4.69) is 10.6 Å². The van der Waals surface area contributed by atoms with E-state index in [1.165, 1.54) is 0 Å². The average molecular weight is 304 g/mol. The molecule has 106 valence electrons. The quantitative estimate of drug-likeness (QED) is 0.761. The van der Waals surface area contributed by atoms with Crippen LogP contribution in [0.4, 0.5) is 5.69 Å². The van der Waals surface area contributed by atoms with Crippen LogP contribution in [0.5, 0.6) is 0 Å². The molecular weight excluding hydrogens is 285 g/mol. The smallest absolute Gasteiger partial charge is 0.238 e. The van der Waals surface area contributed by atoms with Crippen molar-refractivity contribution >= 4 is 34.8 Å². The van der Waals surface area contributed by atoms with Gasteiger partial charge < -0.3 is 10.6 Å². The molecule has 6 heteroatoms. The van der Waals surface area contributed by atoms with E-state index in [9.17, 15) is 4.79 Å². The molecule has 0 spiro atoms. The molecule has 1 aromatic rings. The number of anilines is 1. The number of nitrogens with zero attached hydrogens (tertiary/aromatic N) is 1. The molecule has 1 aromatic carbocycles. The second-order valence-electron chi connectivity index (χ2n) is 4.37. The van der Waals surface area contributed by atoms with Crippen LogP contribution >= 0.6 is 23.2 Å². The normalized spacial score (nSPS) is 10.8. The zero-order valence-corrected chi connectivity index (χ0v) is 12.7. The van der Waals surface area contributed by atoms with E-state index in [0.717, 1.165) is 19.5 Å². The Morgan fingerprint density at radius 2 is 2.11 bits per heavy atom. The van der Waals surface area contributed by atoms with Gasteiger partial charge in [-0.15, -0.1) is 0 Å². The summed E-state index contributed by atoms with van der Waals surface area (Å²) in [7, 11) is 3.82. The van der Waals surface area contributed by atoms with Crippen LogP contribution in [-0.2, 0) is 4.79 Å². The fourth-order valence-corrected chi connectivity index (χ4v) is 1.97. The van der Waals surface area contributed by atoms with Crippen molar-refractivity contribution in [2.24, 2.45) is 0 Å². The maximum Gasteiger partial charge on any atom is 0.238 e. The molecule has 4 nitrogen and oxygen atoms in total. The lowest BCUT2D eigenvalue weighted by atomic mass is 10.3. The molecule has 0 aliphatic carbocycles. The lowest BCUT2D eigenvalue weighted by Gasteiger charge is -2.16. The second kappa shape index (κ2) is 8.38. The minimum Gasteiger partial charge on any atom is -0.324 e. The minimum absolute atomic E-state index is 0.101. The number of hydrogen-bond donors (Lipinski definition) is 2. The summed E-state index contributed by atoms with van der Waals surface area (Å²) in [6, 6.07) is 4.99. The molecule has 1 amide bonds. The fourth-order valence-electron chi connectivity index (χ4n) is 1.63. The largest absolute Gasteiger partial charge is 0.324 e. The fraction of sp³-hybridized carbons (Fsp3) is 0.462. The summed E-state index contributed by atoms with van der Waals surface area (Å²) in [4.78, 5) is 13.8. The number of halogens is 2. The minimum atomic E-state index is -0.101. The van der Waals surface area contributed by atoms with Crippen LogP contribution in [0.2, 0.25) is 10.0 Å². The van der Waals surface area contributed by atoms with Gasteiger partial charge in [0.2, 0.25) is 5.91 Å². The van der Waals surface area contributed by atoms with E-state index >= 15 is 0 Å². The van der Waals surface area contributed by atoms with Crippen LogP contribution in [0, 0.1) is 0 Å². The summed E-state index contributed by atoms with van der Waals surface area (Å²) in [5.41, 5.74) is 0.544. The third-order valence-corrected chi connectivity index (χ3v) is 3.15. The van der Waals surface area contributed by atoms with E-state index in [4.69, 9.17) is 23.2 Å². The highest BCUT2D eigenvalue weighted by atomic mass is 35.5. The van der Waals surface area contributed by atoms with Crippen molar-refractivity contribution in [3.05, 3.63) is 28.2 Å². The van der Waals surface area contributed by atoms with Gasteiger partial charge in [0.05, 0.1) is 17.3 Å². The first kappa shape index (κ1) is 16.2. The third kappa shape index (κ3) is 6.25. The Kier molecular flexibility index (Phi) is 7.16. The number of nitrogens with one attached hydrogen (secondary N) is 2. The number of amides is 1. The summed E-state index contributed by atoms with van der Waals surface area (Å²) >= 11 is 11.8. The summed E-state index contributed by atoms with van der Waals surface area (Å²) in [5.74, 6) is -0.101. The predicted molar refractivity (Wildman–Crippen MR) is 81.1 cm³/mol. The van der Waals surface area contributed by atoms with Crippen LogP contribution in [-0.4, -0.2) is 44.5 Å². The van der Waals surface area contributed by atoms with Crippen molar-refractivity contribution in [3.8, 4) is 0 Å². The summed E-state index contributed by atoms with van der Waals surface area (Å²) in [6.07, 6.45) is 0.998. The van der Waals surface area contributed by atoms with Crippen LogP contribution in [0.1, 0.15) is 6.42 Å². The summed E-state index contributed by atoms with van der Waals surface area (Å²) < 4.78 is 0. The highest BCUT2D eigenvalue weighted by molar-refractivity contribution is 6.35. The summed E-state index contributed by atoms with van der Waals surface area (Å²) in [5, 5.41) is 6.86. The Balaban J connectivity index is 2.44. The number of hydrogen-bond acceptors (Lipinski definition) is 3. The molecular formula is C13H19Cl2N3O. The van der Waals surface area contributed by atoms with Gasteiger partial charge in [-0.25, -0.2) is 0 Å². The topological polar surface area (TPSA) is 44.4 Å². The van der Waals surface area contributed by atoms with Gasteiger partial charge in [0.15, 0.2) is 0 Å². The molecule has 0 radical (unpaired) electrons. The molecule has 0 saturated heterocycles. The molecule has 19 heavy (non-hydrogen) atoms. The zero-order valence-electron chi connectivity index (χ0n) is 11.2. The van der Waals surface area contributed by atoms with Crippen molar-refractivity contribution in [1.29, 1.82) is 0 Å². The molecule has 0 saturated carbocycles. The first-order valence-corrected chi connectivity index (χ1v) is 6.86. The van der Waals surface area contributed by atoms with Crippen LogP contribution < -0.4 is 10.6 Å². The monoisotopic (exact) mass is 303 g/mol. The van der Waals surface area contributed by atoms with Crippen LogP contribution in [0.25, 0.3) is 0 Å². The number of benzene rings is 1. The molecule has 0 atom stereocenters. The molecule has 0 aliphatic heterocycles. The SMILES string of the molecule is CNCCCN(C)CC(=O)Nc1cc(Cl)ccc1Cl. The zero-order chi connectivity index (χ0) is 14.3. The van der Waals surface area contributed by atoms with Gasteiger partial charge in [0.1, 0.15) is 0 Å². The van der Waals surface area contributed by atoms with E-state index in [1.54, 1.807) is 18.2 Å². The molecule has 1 rings (SSSR count). The Labute approximate surface area is 124 Å². The first-order chi connectivity index (χ1) is 9.02. The average Bonchev–Trinajstić information content (AvgIpc) is 2.34. The molecule has 0 aromatic heterocycles. The van der Waals surface area contributed by atoms with Crippen LogP contribution in [0.3, 0.4) is 0 Å². The van der Waals surface area contributed by atoms with Crippen molar-refractivity contribution in [1.82, 2.24) is 10.2 Å². The van der Waals surface area contributed by atoms with Gasteiger partial charge in [-0.2, -0.15) is 0 Å². The van der Waals surface area contributed by atoms with Gasteiger partial charge in [-0.3, -0.25) is 9.69 Å². The van der Waals surface area contributed by atoms with Crippen molar-refractivity contribution in [3.63, 3.8) is 0 Å². The highest BCUT2D eigenvalue weighted by Crippen LogP contribution is 2.25. The predicted octanol–water partition coefficient (Wildman–Crippen LogP) is 2.47. The number of likely N-dealkylation sites (N-methyl/N-ethyl adjacent to an activating group) is 1. The first-order valence-electron chi connectivity index (χ1n) is 6.11. The molecule has 0 heterocycles. The second-order valence-corrected chi connectivity index (χ2v) is 5.21. The third-order valence-electron chi connectivity index (χ3n) is 2.58. The van der Waals surface area contributed by atoms with Crippen molar-refractivity contribution < 1.29 is 4.79 Å². The number of rotatable bonds is 7. The Bertz CT molecular complexity index is 426. The van der Waals surface area contributed by atoms with E-state index in [1.807, 2.05) is 19.0 Å². The lowest BCUT2D eigenvalue weighted by molar-refractivity contribution is -0.117. The summed E-state index contributed by atoms with van der Waals surface area (Å²) in [6.45, 7) is 2.12. The molecule has 0 bridgehead atoms. The van der Waals surface area contributed by atoms with Gasteiger partial charge in [0.25, 0.3) is 0 Å². The maximum atomic E-state index is 11.8. The number of carbonyl (C=O) groups is 1. The highest BCUT2D eigenvalue weighted by Gasteiger charge is 2.09. The molecule has 0 aliphatic rings. The maximum absolute atomic E-state index is 11.8.